The lowest BCUT2D eigenvalue weighted by Crippen LogP contribution is -2.17. The molecule has 1 nitrogen and oxygen atoms in total. The number of rotatable bonds is 3. The molecule has 10 heavy (non-hydrogen) atoms. The van der Waals surface area contributed by atoms with E-state index in [1.807, 2.05) is 37.3 Å². The van der Waals surface area contributed by atoms with Gasteiger partial charge in [-0.2, -0.15) is 0 Å². The summed E-state index contributed by atoms with van der Waals surface area (Å²) in [4.78, 5) is 0. The van der Waals surface area contributed by atoms with E-state index in [9.17, 15) is 0 Å². The molecule has 0 radical (unpaired) electrons. The molecule has 0 aliphatic heterocycles. The molecule has 0 fully saturated rings. The third kappa shape index (κ3) is 2.19. The predicted molar refractivity (Wildman–Crippen MR) is 43.8 cm³/mol. The molecule has 1 atom stereocenters. The van der Waals surface area contributed by atoms with E-state index in [-0.39, 0.29) is 6.04 Å². The Labute approximate surface area is 64.8 Å². The Bertz CT molecular complexity index is 223. The van der Waals surface area contributed by atoms with Gasteiger partial charge < -0.3 is 5.72 Å². The Kier molecular flexibility index (Phi) is 1.66. The average molecular weight is 137 g/mol. The summed E-state index contributed by atoms with van der Waals surface area (Å²) in [6.07, 6.45) is 0.758. The summed E-state index contributed by atoms with van der Waals surface area (Å²) in [5.41, 5.74) is 1.92. The molecular formula is C9H13N. The van der Waals surface area contributed by atoms with Crippen LogP contribution in [0.15, 0.2) is 30.3 Å². The molecular weight excluding hydrogens is 122 g/mol. The third-order valence-electron chi connectivity index (χ3n) is 1.37. The highest BCUT2D eigenvalue weighted by molar-refractivity contribution is 5.15. The van der Waals surface area contributed by atoms with E-state index in [4.69, 9.17) is 2.82 Å². The van der Waals surface area contributed by atoms with Crippen LogP contribution in [0.2, 0.25) is 2.82 Å². The third-order valence-corrected chi connectivity index (χ3v) is 1.37. The largest absolute Gasteiger partial charge is 0.328 e. The van der Waals surface area contributed by atoms with Crippen LogP contribution in [0, 0.1) is 0 Å². The highest BCUT2D eigenvalue weighted by Crippen LogP contribution is 2.00. The van der Waals surface area contributed by atoms with Crippen molar-refractivity contribution in [1.29, 1.82) is 0 Å². The monoisotopic (exact) mass is 137 g/mol. The molecule has 0 amide bonds. The molecule has 1 aromatic rings. The van der Waals surface area contributed by atoms with E-state index in [0.717, 1.165) is 12.1 Å². The first-order chi connectivity index (χ1) is 5.70. The number of hydrogen-bond donors (Lipinski definition) is 1. The molecule has 1 aromatic carbocycles. The Morgan fingerprint density at radius 3 is 2.80 bits per heavy atom. The van der Waals surface area contributed by atoms with Crippen molar-refractivity contribution in [3.63, 3.8) is 0 Å². The van der Waals surface area contributed by atoms with Gasteiger partial charge in [0, 0.05) is 6.04 Å². The van der Waals surface area contributed by atoms with E-state index in [1.165, 1.54) is 5.56 Å². The molecule has 0 aliphatic rings. The van der Waals surface area contributed by atoms with Crippen LogP contribution < -0.4 is 5.72 Å². The van der Waals surface area contributed by atoms with Gasteiger partial charge in [-0.3, -0.25) is 0 Å². The summed E-state index contributed by atoms with van der Waals surface area (Å²) in [7, 11) is 0. The maximum absolute atomic E-state index is 7.03. The zero-order valence-electron chi connectivity index (χ0n) is 8.12. The molecule has 0 saturated carbocycles. The van der Waals surface area contributed by atoms with E-state index in [2.05, 4.69) is 0 Å². The summed E-state index contributed by atoms with van der Waals surface area (Å²) in [5, 5.41) is 0. The van der Waals surface area contributed by atoms with E-state index < -0.39 is 0 Å². The summed E-state index contributed by atoms with van der Waals surface area (Å²) in [6.45, 7) is 1.87. The van der Waals surface area contributed by atoms with Crippen molar-refractivity contribution in [2.75, 3.05) is 0 Å². The number of nitrogens with two attached hydrogens (primary N) is 1. The van der Waals surface area contributed by atoms with Crippen LogP contribution >= 0.6 is 0 Å². The lowest BCUT2D eigenvalue weighted by Gasteiger charge is -2.02. The molecule has 1 heteroatoms. The van der Waals surface area contributed by atoms with Crippen LogP contribution in [0.5, 0.6) is 0 Å². The molecule has 0 aliphatic carbocycles. The molecule has 0 heterocycles. The topological polar surface area (TPSA) is 26.0 Å². The van der Waals surface area contributed by atoms with Gasteiger partial charge in [0.05, 0.1) is 0 Å². The van der Waals surface area contributed by atoms with Gasteiger partial charge in [-0.05, 0) is 18.9 Å². The highest BCUT2D eigenvalue weighted by atomic mass is 14.6. The summed E-state index contributed by atoms with van der Waals surface area (Å²) < 4.78 is 14.1. The summed E-state index contributed by atoms with van der Waals surface area (Å²) in [5.74, 6) is 0. The fourth-order valence-corrected chi connectivity index (χ4v) is 0.955. The van der Waals surface area contributed by atoms with E-state index in [1.54, 1.807) is 0 Å². The quantitative estimate of drug-likeness (QED) is 0.672. The van der Waals surface area contributed by atoms with Gasteiger partial charge in [0.2, 0.25) is 0 Å². The van der Waals surface area contributed by atoms with E-state index in [0.29, 0.717) is 0 Å². The van der Waals surface area contributed by atoms with Crippen molar-refractivity contribution in [2.45, 2.75) is 19.4 Å². The first-order valence-electron chi connectivity index (χ1n) is 4.40. The van der Waals surface area contributed by atoms with Crippen LogP contribution in [-0.2, 0) is 6.42 Å². The fourth-order valence-electron chi connectivity index (χ4n) is 0.955. The Morgan fingerprint density at radius 2 is 2.20 bits per heavy atom. The summed E-state index contributed by atoms with van der Waals surface area (Å²) >= 11 is 0. The van der Waals surface area contributed by atoms with Crippen LogP contribution in [0.25, 0.3) is 0 Å². The lowest BCUT2D eigenvalue weighted by molar-refractivity contribution is 0.738. The minimum absolute atomic E-state index is 0.0487. The Morgan fingerprint density at radius 1 is 1.50 bits per heavy atom. The van der Waals surface area contributed by atoms with Crippen molar-refractivity contribution in [1.82, 2.24) is 0 Å². The minimum atomic E-state index is -0.0487. The minimum Gasteiger partial charge on any atom is -0.328 e. The molecule has 2 N–H and O–H groups in total. The molecule has 0 saturated heterocycles. The molecule has 0 aromatic heterocycles. The molecule has 0 spiro atoms. The van der Waals surface area contributed by atoms with Crippen LogP contribution in [-0.4, -0.2) is 6.04 Å². The fraction of sp³-hybridized carbons (Fsp3) is 0.333. The van der Waals surface area contributed by atoms with Crippen LogP contribution in [0.3, 0.4) is 0 Å². The van der Waals surface area contributed by atoms with Gasteiger partial charge in [-0.25, -0.2) is 0 Å². The first kappa shape index (κ1) is 4.91. The number of hydrogen-bond acceptors (Lipinski definition) is 1. The second-order valence-electron chi connectivity index (χ2n) is 2.54. The van der Waals surface area contributed by atoms with Crippen molar-refractivity contribution in [2.24, 2.45) is 5.72 Å². The van der Waals surface area contributed by atoms with Crippen molar-refractivity contribution in [3.05, 3.63) is 35.9 Å². The van der Waals surface area contributed by atoms with Gasteiger partial charge in [-0.15, -0.1) is 0 Å². The average Bonchev–Trinajstić information content (AvgIpc) is 2.06. The highest BCUT2D eigenvalue weighted by Gasteiger charge is 1.94. The van der Waals surface area contributed by atoms with Gasteiger partial charge in [0.25, 0.3) is 0 Å². The van der Waals surface area contributed by atoms with Crippen LogP contribution in [0.1, 0.15) is 12.5 Å². The Hall–Kier alpha value is -0.820. The van der Waals surface area contributed by atoms with Crippen molar-refractivity contribution < 1.29 is 2.82 Å². The molecule has 0 bridgehead atoms. The van der Waals surface area contributed by atoms with Crippen LogP contribution in [0.4, 0.5) is 0 Å². The molecule has 1 unspecified atom stereocenters. The van der Waals surface area contributed by atoms with E-state index >= 15 is 0 Å². The first-order valence-corrected chi connectivity index (χ1v) is 3.51. The van der Waals surface area contributed by atoms with Gasteiger partial charge in [0.1, 0.15) is 2.82 Å². The normalized spacial score (nSPS) is 16.2. The predicted octanol–water partition coefficient (Wildman–Crippen LogP) is 1.58. The zero-order chi connectivity index (χ0) is 8.97. The maximum atomic E-state index is 7.03. The molecule has 1 rings (SSSR count). The smallest absolute Gasteiger partial charge is 0.119 e. The van der Waals surface area contributed by atoms with Gasteiger partial charge >= 0.3 is 0 Å². The lowest BCUT2D eigenvalue weighted by atomic mass is 10.1. The van der Waals surface area contributed by atoms with Crippen molar-refractivity contribution in [3.8, 4) is 0 Å². The maximum Gasteiger partial charge on any atom is 0.119 e. The van der Waals surface area contributed by atoms with Crippen molar-refractivity contribution >= 4 is 0 Å². The second kappa shape index (κ2) is 3.37. The SMILES string of the molecule is [2H]N([2H])C(C)Cc1ccccc1. The van der Waals surface area contributed by atoms with Gasteiger partial charge in [0.15, 0.2) is 0 Å². The summed E-state index contributed by atoms with van der Waals surface area (Å²) in [6, 6.07) is 9.89. The Balaban J connectivity index is 2.53. The second-order valence-corrected chi connectivity index (χ2v) is 2.54. The standard InChI is InChI=1S/C9H13N/c1-8(10)7-9-5-3-2-4-6-9/h2-6,8H,7,10H2,1H3/i/hD2. The molecule has 54 valence electrons. The zero-order valence-corrected chi connectivity index (χ0v) is 6.12. The number of benzene rings is 1. The van der Waals surface area contributed by atoms with Gasteiger partial charge in [-0.1, -0.05) is 30.3 Å².